The molecule has 3 heteroatoms. The molecule has 2 aromatic rings. The Morgan fingerprint density at radius 3 is 1.94 bits per heavy atom. The van der Waals surface area contributed by atoms with E-state index in [0.29, 0.717) is 5.92 Å². The number of allylic oxidation sites excluding steroid dienone is 2. The average molecular weight is 466 g/mol. The number of nitrogens with zero attached hydrogens (tertiary/aromatic N) is 1. The molecule has 1 aliphatic heterocycles. The Morgan fingerprint density at radius 1 is 0.853 bits per heavy atom. The van der Waals surface area contributed by atoms with Crippen molar-refractivity contribution in [3.05, 3.63) is 90.0 Å². The molecule has 1 fully saturated rings. The summed E-state index contributed by atoms with van der Waals surface area (Å²) in [7, 11) is 0. The highest BCUT2D eigenvalue weighted by atomic mass is 16.2. The van der Waals surface area contributed by atoms with Crippen molar-refractivity contribution in [2.24, 2.45) is 5.92 Å². The van der Waals surface area contributed by atoms with E-state index >= 15 is 0 Å². The number of para-hydroxylation sites is 1. The van der Waals surface area contributed by atoms with E-state index < -0.39 is 0 Å². The van der Waals surface area contributed by atoms with E-state index in [-0.39, 0.29) is 23.3 Å². The van der Waals surface area contributed by atoms with Gasteiger partial charge in [-0.25, -0.2) is 0 Å². The number of rotatable bonds is 6. The van der Waals surface area contributed by atoms with Crippen LogP contribution in [0.15, 0.2) is 84.5 Å². The minimum atomic E-state index is 0. The van der Waals surface area contributed by atoms with E-state index in [1.54, 1.807) is 0 Å². The minimum absolute atomic E-state index is 0. The summed E-state index contributed by atoms with van der Waals surface area (Å²) in [6.07, 6.45) is 10.9. The molecule has 2 aromatic carbocycles. The molecule has 1 amide bonds. The number of anilines is 1. The molecule has 0 unspecified atom stereocenters. The van der Waals surface area contributed by atoms with Gasteiger partial charge in [-0.3, -0.25) is 4.79 Å². The van der Waals surface area contributed by atoms with Gasteiger partial charge in [0.15, 0.2) is 0 Å². The maximum Gasteiger partial charge on any atom is 0.233 e. The third kappa shape index (κ3) is 7.99. The summed E-state index contributed by atoms with van der Waals surface area (Å²) < 4.78 is 0. The monoisotopic (exact) mass is 465 g/mol. The van der Waals surface area contributed by atoms with Crippen molar-refractivity contribution in [3.8, 4) is 0 Å². The molecule has 0 saturated carbocycles. The third-order valence-electron chi connectivity index (χ3n) is 5.89. The molecule has 188 valence electrons. The van der Waals surface area contributed by atoms with Crippen molar-refractivity contribution in [2.45, 2.75) is 86.1 Å². The van der Waals surface area contributed by atoms with Crippen LogP contribution in [0.25, 0.3) is 0 Å². The van der Waals surface area contributed by atoms with Gasteiger partial charge in [0.1, 0.15) is 0 Å². The fourth-order valence-electron chi connectivity index (χ4n) is 4.32. The van der Waals surface area contributed by atoms with Gasteiger partial charge < -0.3 is 10.4 Å². The van der Waals surface area contributed by atoms with Gasteiger partial charge in [0.05, 0.1) is 12.0 Å². The van der Waals surface area contributed by atoms with E-state index in [1.807, 2.05) is 76.8 Å². The fourth-order valence-corrected chi connectivity index (χ4v) is 4.32. The van der Waals surface area contributed by atoms with E-state index in [2.05, 4.69) is 55.5 Å². The van der Waals surface area contributed by atoms with Gasteiger partial charge in [-0.15, -0.1) is 0 Å². The maximum atomic E-state index is 13.0. The Bertz CT molecular complexity index is 842. The van der Waals surface area contributed by atoms with Crippen LogP contribution in [0.2, 0.25) is 0 Å². The SMILES string of the molecule is CC.CC.CC.C[C@H](CC[C@H]1C(=O)N(c2ccccc2)[C@@H]1C1=CCCC=C1)c1ccccc1.O. The zero-order valence-electron chi connectivity index (χ0n) is 22.4. The summed E-state index contributed by atoms with van der Waals surface area (Å²) >= 11 is 0. The van der Waals surface area contributed by atoms with Gasteiger partial charge >= 0.3 is 0 Å². The highest BCUT2D eigenvalue weighted by Crippen LogP contribution is 2.41. The fraction of sp³-hybridized carbons (Fsp3) is 0.452. The van der Waals surface area contributed by atoms with Gasteiger partial charge in [0, 0.05) is 5.69 Å². The van der Waals surface area contributed by atoms with Crippen LogP contribution >= 0.6 is 0 Å². The molecule has 1 heterocycles. The minimum Gasteiger partial charge on any atom is -0.412 e. The van der Waals surface area contributed by atoms with E-state index in [9.17, 15) is 4.79 Å². The number of hydrogen-bond donors (Lipinski definition) is 0. The Kier molecular flexibility index (Phi) is 16.4. The summed E-state index contributed by atoms with van der Waals surface area (Å²) in [6, 6.07) is 20.9. The molecular weight excluding hydrogens is 418 g/mol. The molecule has 34 heavy (non-hydrogen) atoms. The summed E-state index contributed by atoms with van der Waals surface area (Å²) in [5.41, 5.74) is 3.68. The molecule has 0 spiro atoms. The molecular formula is C31H47NO2. The van der Waals surface area contributed by atoms with Crippen molar-refractivity contribution in [2.75, 3.05) is 4.90 Å². The Morgan fingerprint density at radius 2 is 1.41 bits per heavy atom. The predicted octanol–water partition coefficient (Wildman–Crippen LogP) is 8.13. The lowest BCUT2D eigenvalue weighted by Gasteiger charge is -2.48. The molecule has 3 nitrogen and oxygen atoms in total. The molecule has 3 atom stereocenters. The molecule has 0 bridgehead atoms. The number of carbonyl (C=O) groups excluding carboxylic acids is 1. The zero-order valence-corrected chi connectivity index (χ0v) is 22.4. The van der Waals surface area contributed by atoms with Crippen LogP contribution in [0, 0.1) is 5.92 Å². The summed E-state index contributed by atoms with van der Waals surface area (Å²) in [5, 5.41) is 0. The van der Waals surface area contributed by atoms with Crippen LogP contribution in [0.3, 0.4) is 0 Å². The lowest BCUT2D eigenvalue weighted by atomic mass is 9.76. The standard InChI is InChI=1S/C25H27NO.3C2H6.H2O/c1-19(20-11-5-2-6-12-20)17-18-23-24(21-13-7-3-8-14-21)26(25(23)27)22-15-9-4-10-16-22;3*1-2;/h2,4-7,9-16,19,23-24H,3,8,17-18H2,1H3;3*1-2H3;1H2/t19-,23-,24-;;;;/m1..../s1. The van der Waals surface area contributed by atoms with Crippen LogP contribution < -0.4 is 4.90 Å². The predicted molar refractivity (Wildman–Crippen MR) is 149 cm³/mol. The number of carbonyl (C=O) groups is 1. The van der Waals surface area contributed by atoms with Crippen LogP contribution in [0.1, 0.15) is 85.6 Å². The highest BCUT2D eigenvalue weighted by Gasteiger charge is 2.48. The number of β-lactam (4-membered cyclic amide) rings is 1. The number of amides is 1. The van der Waals surface area contributed by atoms with Crippen LogP contribution in [-0.2, 0) is 4.79 Å². The first-order valence-corrected chi connectivity index (χ1v) is 13.1. The van der Waals surface area contributed by atoms with Gasteiger partial charge in [0.2, 0.25) is 5.91 Å². The normalized spacial score (nSPS) is 18.7. The quantitative estimate of drug-likeness (QED) is 0.397. The van der Waals surface area contributed by atoms with Crippen molar-refractivity contribution < 1.29 is 10.3 Å². The van der Waals surface area contributed by atoms with Crippen LogP contribution in [-0.4, -0.2) is 17.4 Å². The second kappa shape index (κ2) is 17.8. The lowest BCUT2D eigenvalue weighted by Crippen LogP contribution is -2.62. The first kappa shape index (κ1) is 31.4. The first-order chi connectivity index (χ1) is 16.3. The number of hydrogen-bond acceptors (Lipinski definition) is 1. The highest BCUT2D eigenvalue weighted by molar-refractivity contribution is 6.04. The van der Waals surface area contributed by atoms with E-state index in [0.717, 1.165) is 31.4 Å². The smallest absolute Gasteiger partial charge is 0.233 e. The molecule has 0 aromatic heterocycles. The second-order valence-electron chi connectivity index (χ2n) is 7.67. The van der Waals surface area contributed by atoms with Crippen molar-refractivity contribution in [1.82, 2.24) is 0 Å². The summed E-state index contributed by atoms with van der Waals surface area (Å²) in [5.74, 6) is 0.831. The van der Waals surface area contributed by atoms with Gasteiger partial charge in [-0.05, 0) is 54.9 Å². The largest absolute Gasteiger partial charge is 0.412 e. The zero-order chi connectivity index (χ0) is 24.6. The number of benzene rings is 2. The van der Waals surface area contributed by atoms with Gasteiger partial charge in [-0.2, -0.15) is 0 Å². The Labute approximate surface area is 208 Å². The van der Waals surface area contributed by atoms with Crippen molar-refractivity contribution in [3.63, 3.8) is 0 Å². The van der Waals surface area contributed by atoms with Crippen LogP contribution in [0.4, 0.5) is 5.69 Å². The molecule has 2 aliphatic rings. The molecule has 1 aliphatic carbocycles. The van der Waals surface area contributed by atoms with E-state index in [1.165, 1.54) is 11.1 Å². The second-order valence-corrected chi connectivity index (χ2v) is 7.67. The van der Waals surface area contributed by atoms with Crippen molar-refractivity contribution >= 4 is 11.6 Å². The molecule has 1 saturated heterocycles. The first-order valence-electron chi connectivity index (χ1n) is 13.1. The third-order valence-corrected chi connectivity index (χ3v) is 5.89. The van der Waals surface area contributed by atoms with Crippen molar-refractivity contribution in [1.29, 1.82) is 0 Å². The maximum absolute atomic E-state index is 13.0. The Hall–Kier alpha value is -2.65. The summed E-state index contributed by atoms with van der Waals surface area (Å²) in [6.45, 7) is 14.3. The average Bonchev–Trinajstić information content (AvgIpc) is 2.92. The Balaban J connectivity index is 0.00000145. The molecule has 4 rings (SSSR count). The molecule has 2 N–H and O–H groups in total. The summed E-state index contributed by atoms with van der Waals surface area (Å²) in [4.78, 5) is 15.0. The van der Waals surface area contributed by atoms with Crippen LogP contribution in [0.5, 0.6) is 0 Å². The lowest BCUT2D eigenvalue weighted by molar-refractivity contribution is -0.129. The van der Waals surface area contributed by atoms with E-state index in [4.69, 9.17) is 0 Å². The van der Waals surface area contributed by atoms with Gasteiger partial charge in [-0.1, -0.05) is 115 Å². The topological polar surface area (TPSA) is 51.8 Å². The van der Waals surface area contributed by atoms with Gasteiger partial charge in [0.25, 0.3) is 0 Å². The molecule has 0 radical (unpaired) electrons.